The van der Waals surface area contributed by atoms with Crippen molar-refractivity contribution in [2.45, 2.75) is 45.6 Å². The number of hydrogen-bond acceptors (Lipinski definition) is 3. The van der Waals surface area contributed by atoms with Gasteiger partial charge >= 0.3 is 0 Å². The van der Waals surface area contributed by atoms with Crippen molar-refractivity contribution in [2.75, 3.05) is 19.8 Å². The van der Waals surface area contributed by atoms with Crippen molar-refractivity contribution in [1.82, 2.24) is 5.32 Å². The molecule has 0 aliphatic carbocycles. The van der Waals surface area contributed by atoms with Gasteiger partial charge in [0, 0.05) is 32.2 Å². The first kappa shape index (κ1) is 17.7. The van der Waals surface area contributed by atoms with Crippen molar-refractivity contribution < 1.29 is 9.53 Å². The molecule has 0 aromatic heterocycles. The standard InChI is InChI=1S/C13H26N2O2.ClH/c1-10(2)7-12(8-14)15-13(16)4-3-11-5-6-17-9-11;/h10-12H,3-9,14H2,1-2H3,(H,15,16);1H. The summed E-state index contributed by atoms with van der Waals surface area (Å²) in [5, 5.41) is 3.02. The molecule has 0 spiro atoms. The normalized spacial score (nSPS) is 20.6. The SMILES string of the molecule is CC(C)CC(CN)NC(=O)CCC1CCOC1.Cl. The highest BCUT2D eigenvalue weighted by atomic mass is 35.5. The van der Waals surface area contributed by atoms with E-state index in [2.05, 4.69) is 19.2 Å². The predicted octanol–water partition coefficient (Wildman–Crippen LogP) is 1.71. The van der Waals surface area contributed by atoms with Crippen molar-refractivity contribution in [3.05, 3.63) is 0 Å². The molecule has 2 atom stereocenters. The van der Waals surface area contributed by atoms with E-state index in [1.54, 1.807) is 0 Å². The van der Waals surface area contributed by atoms with E-state index in [1.165, 1.54) is 0 Å². The molecule has 1 fully saturated rings. The van der Waals surface area contributed by atoms with Crippen LogP contribution in [0.1, 0.15) is 39.5 Å². The Kier molecular flexibility index (Phi) is 9.42. The highest BCUT2D eigenvalue weighted by molar-refractivity contribution is 5.85. The molecule has 0 radical (unpaired) electrons. The third-order valence-electron chi connectivity index (χ3n) is 3.21. The first-order valence-corrected chi connectivity index (χ1v) is 6.69. The van der Waals surface area contributed by atoms with E-state index in [0.29, 0.717) is 24.8 Å². The summed E-state index contributed by atoms with van der Waals surface area (Å²) in [6.45, 7) is 6.48. The molecule has 5 heteroatoms. The number of carbonyl (C=O) groups excluding carboxylic acids is 1. The van der Waals surface area contributed by atoms with Crippen LogP contribution >= 0.6 is 12.4 Å². The molecule has 1 saturated heterocycles. The van der Waals surface area contributed by atoms with Crippen LogP contribution in [0.15, 0.2) is 0 Å². The Morgan fingerprint density at radius 2 is 2.22 bits per heavy atom. The molecule has 2 unspecified atom stereocenters. The summed E-state index contributed by atoms with van der Waals surface area (Å²) >= 11 is 0. The second-order valence-electron chi connectivity index (χ2n) is 5.40. The molecule has 4 nitrogen and oxygen atoms in total. The van der Waals surface area contributed by atoms with Crippen LogP contribution in [0.3, 0.4) is 0 Å². The predicted molar refractivity (Wildman–Crippen MR) is 75.8 cm³/mol. The lowest BCUT2D eigenvalue weighted by molar-refractivity contribution is -0.122. The van der Waals surface area contributed by atoms with Crippen molar-refractivity contribution in [1.29, 1.82) is 0 Å². The fraction of sp³-hybridized carbons (Fsp3) is 0.923. The molecule has 1 amide bonds. The summed E-state index contributed by atoms with van der Waals surface area (Å²) in [6.07, 6.45) is 3.59. The Morgan fingerprint density at radius 1 is 1.50 bits per heavy atom. The minimum absolute atomic E-state index is 0. The van der Waals surface area contributed by atoms with Crippen molar-refractivity contribution >= 4 is 18.3 Å². The molecular weight excluding hydrogens is 252 g/mol. The van der Waals surface area contributed by atoms with Crippen LogP contribution < -0.4 is 11.1 Å². The highest BCUT2D eigenvalue weighted by Crippen LogP contribution is 2.17. The van der Waals surface area contributed by atoms with Crippen LogP contribution in [0.5, 0.6) is 0 Å². The minimum atomic E-state index is 0. The zero-order chi connectivity index (χ0) is 12.7. The molecule has 1 aliphatic rings. The molecule has 18 heavy (non-hydrogen) atoms. The Hall–Kier alpha value is -0.320. The number of hydrogen-bond donors (Lipinski definition) is 2. The monoisotopic (exact) mass is 278 g/mol. The second-order valence-corrected chi connectivity index (χ2v) is 5.40. The summed E-state index contributed by atoms with van der Waals surface area (Å²) in [6, 6.07) is 0.127. The lowest BCUT2D eigenvalue weighted by Crippen LogP contribution is -2.41. The van der Waals surface area contributed by atoms with Gasteiger partial charge < -0.3 is 15.8 Å². The lowest BCUT2D eigenvalue weighted by atomic mass is 10.0. The summed E-state index contributed by atoms with van der Waals surface area (Å²) in [7, 11) is 0. The highest BCUT2D eigenvalue weighted by Gasteiger charge is 2.18. The van der Waals surface area contributed by atoms with E-state index in [1.807, 2.05) is 0 Å². The molecule has 3 N–H and O–H groups in total. The van der Waals surface area contributed by atoms with Gasteiger partial charge in [-0.2, -0.15) is 0 Å². The number of ether oxygens (including phenoxy) is 1. The molecule has 0 bridgehead atoms. The largest absolute Gasteiger partial charge is 0.381 e. The van der Waals surface area contributed by atoms with Gasteiger partial charge in [-0.3, -0.25) is 4.79 Å². The Morgan fingerprint density at radius 3 is 2.72 bits per heavy atom. The van der Waals surface area contributed by atoms with Crippen molar-refractivity contribution in [2.24, 2.45) is 17.6 Å². The molecule has 1 rings (SSSR count). The number of rotatable bonds is 7. The van der Waals surface area contributed by atoms with Crippen LogP contribution in [0.4, 0.5) is 0 Å². The van der Waals surface area contributed by atoms with E-state index in [9.17, 15) is 4.79 Å². The summed E-state index contributed by atoms with van der Waals surface area (Å²) < 4.78 is 5.29. The Labute approximate surface area is 116 Å². The number of amides is 1. The number of nitrogens with one attached hydrogen (secondary N) is 1. The van der Waals surface area contributed by atoms with Gasteiger partial charge in [0.15, 0.2) is 0 Å². The van der Waals surface area contributed by atoms with E-state index in [0.717, 1.165) is 32.5 Å². The van der Waals surface area contributed by atoms with Gasteiger partial charge in [0.25, 0.3) is 0 Å². The molecule has 0 saturated carbocycles. The second kappa shape index (κ2) is 9.59. The smallest absolute Gasteiger partial charge is 0.220 e. The van der Waals surface area contributed by atoms with Gasteiger partial charge in [-0.25, -0.2) is 0 Å². The van der Waals surface area contributed by atoms with Crippen LogP contribution in [0.25, 0.3) is 0 Å². The zero-order valence-corrected chi connectivity index (χ0v) is 12.3. The van der Waals surface area contributed by atoms with E-state index < -0.39 is 0 Å². The molecule has 0 aromatic rings. The maximum Gasteiger partial charge on any atom is 0.220 e. The maximum absolute atomic E-state index is 11.7. The first-order chi connectivity index (χ1) is 8.11. The van der Waals surface area contributed by atoms with Crippen molar-refractivity contribution in [3.63, 3.8) is 0 Å². The average molecular weight is 279 g/mol. The minimum Gasteiger partial charge on any atom is -0.381 e. The third kappa shape index (κ3) is 7.19. The van der Waals surface area contributed by atoms with Gasteiger partial charge in [0.2, 0.25) is 5.91 Å². The average Bonchev–Trinajstić information content (AvgIpc) is 2.77. The third-order valence-corrected chi connectivity index (χ3v) is 3.21. The van der Waals surface area contributed by atoms with Gasteiger partial charge in [0.1, 0.15) is 0 Å². The van der Waals surface area contributed by atoms with E-state index in [-0.39, 0.29) is 24.4 Å². The quantitative estimate of drug-likeness (QED) is 0.745. The van der Waals surface area contributed by atoms with Crippen LogP contribution in [0, 0.1) is 11.8 Å². The Bertz CT molecular complexity index is 231. The first-order valence-electron chi connectivity index (χ1n) is 6.69. The van der Waals surface area contributed by atoms with Gasteiger partial charge in [-0.1, -0.05) is 13.8 Å². The van der Waals surface area contributed by atoms with Gasteiger partial charge in [-0.15, -0.1) is 12.4 Å². The maximum atomic E-state index is 11.7. The fourth-order valence-corrected chi connectivity index (χ4v) is 2.23. The molecule has 1 aliphatic heterocycles. The number of halogens is 1. The van der Waals surface area contributed by atoms with Crippen LogP contribution in [-0.2, 0) is 9.53 Å². The number of carbonyl (C=O) groups is 1. The van der Waals surface area contributed by atoms with E-state index >= 15 is 0 Å². The molecule has 108 valence electrons. The Balaban J connectivity index is 0.00000289. The molecular formula is C13H27ClN2O2. The topological polar surface area (TPSA) is 64.3 Å². The van der Waals surface area contributed by atoms with Crippen molar-refractivity contribution in [3.8, 4) is 0 Å². The summed E-state index contributed by atoms with van der Waals surface area (Å²) in [5.41, 5.74) is 5.65. The molecule has 0 aromatic carbocycles. The van der Waals surface area contributed by atoms with Crippen LogP contribution in [-0.4, -0.2) is 31.7 Å². The molecule has 1 heterocycles. The van der Waals surface area contributed by atoms with Crippen LogP contribution in [0.2, 0.25) is 0 Å². The lowest BCUT2D eigenvalue weighted by Gasteiger charge is -2.19. The van der Waals surface area contributed by atoms with E-state index in [4.69, 9.17) is 10.5 Å². The van der Waals surface area contributed by atoms with Gasteiger partial charge in [-0.05, 0) is 31.1 Å². The summed E-state index contributed by atoms with van der Waals surface area (Å²) in [5.74, 6) is 1.27. The summed E-state index contributed by atoms with van der Waals surface area (Å²) in [4.78, 5) is 11.7. The van der Waals surface area contributed by atoms with Gasteiger partial charge in [0.05, 0.1) is 0 Å². The fourth-order valence-electron chi connectivity index (χ4n) is 2.23. The zero-order valence-electron chi connectivity index (χ0n) is 11.5. The number of nitrogens with two attached hydrogens (primary N) is 1.